The molecule has 1 aliphatic carbocycles. The standard InChI is InChI=1S/C20H15N5O4S/c26-19(14-8-13(23-24-14)11-3-4-15-16(7-11)28-9-27-15)21-12-5-6-30-17(12)20-22-18(25-29-20)10-1-2-10/h3-8,10H,1-2,9H2,(H,21,26)(H,23,24). The van der Waals surface area contributed by atoms with Crippen LogP contribution in [-0.2, 0) is 0 Å². The predicted octanol–water partition coefficient (Wildman–Crippen LogP) is 4.05. The van der Waals surface area contributed by atoms with Crippen LogP contribution in [0.15, 0.2) is 40.2 Å². The molecule has 1 aliphatic heterocycles. The Bertz CT molecular complexity index is 1260. The van der Waals surface area contributed by atoms with E-state index in [0.717, 1.165) is 29.1 Å². The summed E-state index contributed by atoms with van der Waals surface area (Å²) in [6.07, 6.45) is 2.19. The lowest BCUT2D eigenvalue weighted by Gasteiger charge is -2.02. The molecule has 4 heterocycles. The van der Waals surface area contributed by atoms with Crippen molar-refractivity contribution in [2.45, 2.75) is 18.8 Å². The van der Waals surface area contributed by atoms with Crippen molar-refractivity contribution in [3.8, 4) is 33.5 Å². The van der Waals surface area contributed by atoms with E-state index in [1.165, 1.54) is 11.3 Å². The van der Waals surface area contributed by atoms with Crippen molar-refractivity contribution in [2.24, 2.45) is 0 Å². The number of carbonyl (C=O) groups is 1. The number of carbonyl (C=O) groups excluding carboxylic acids is 1. The molecule has 0 saturated heterocycles. The number of nitrogens with zero attached hydrogens (tertiary/aromatic N) is 3. The maximum atomic E-state index is 12.8. The van der Waals surface area contributed by atoms with Gasteiger partial charge in [0.25, 0.3) is 11.8 Å². The molecule has 1 fully saturated rings. The molecule has 3 aromatic heterocycles. The maximum absolute atomic E-state index is 12.8. The minimum Gasteiger partial charge on any atom is -0.454 e. The lowest BCUT2D eigenvalue weighted by molar-refractivity contribution is 0.102. The van der Waals surface area contributed by atoms with E-state index >= 15 is 0 Å². The van der Waals surface area contributed by atoms with E-state index in [1.54, 1.807) is 6.07 Å². The van der Waals surface area contributed by atoms with Gasteiger partial charge in [-0.3, -0.25) is 9.89 Å². The molecule has 0 radical (unpaired) electrons. The van der Waals surface area contributed by atoms with Crippen molar-refractivity contribution in [3.63, 3.8) is 0 Å². The van der Waals surface area contributed by atoms with Gasteiger partial charge in [-0.25, -0.2) is 0 Å². The van der Waals surface area contributed by atoms with Crippen LogP contribution in [0.4, 0.5) is 5.69 Å². The number of nitrogens with one attached hydrogen (secondary N) is 2. The molecule has 1 amide bonds. The van der Waals surface area contributed by atoms with Crippen molar-refractivity contribution >= 4 is 22.9 Å². The van der Waals surface area contributed by atoms with Crippen molar-refractivity contribution in [3.05, 3.63) is 47.2 Å². The Hall–Kier alpha value is -3.66. The Balaban J connectivity index is 1.22. The Morgan fingerprint density at radius 1 is 1.17 bits per heavy atom. The number of fused-ring (bicyclic) bond motifs is 1. The third-order valence-electron chi connectivity index (χ3n) is 4.98. The molecule has 9 nitrogen and oxygen atoms in total. The van der Waals surface area contributed by atoms with Crippen LogP contribution in [0.1, 0.15) is 35.1 Å². The fourth-order valence-electron chi connectivity index (χ4n) is 3.24. The Kier molecular flexibility index (Phi) is 3.85. The van der Waals surface area contributed by atoms with Gasteiger partial charge < -0.3 is 19.3 Å². The van der Waals surface area contributed by atoms with Crippen LogP contribution < -0.4 is 14.8 Å². The van der Waals surface area contributed by atoms with E-state index in [-0.39, 0.29) is 12.7 Å². The molecule has 1 saturated carbocycles. The van der Waals surface area contributed by atoms with Gasteiger partial charge in [0.1, 0.15) is 10.6 Å². The highest BCUT2D eigenvalue weighted by Gasteiger charge is 2.29. The van der Waals surface area contributed by atoms with E-state index in [9.17, 15) is 4.79 Å². The minimum absolute atomic E-state index is 0.207. The summed E-state index contributed by atoms with van der Waals surface area (Å²) >= 11 is 1.44. The molecule has 10 heteroatoms. The molecule has 0 atom stereocenters. The topological polar surface area (TPSA) is 115 Å². The number of amides is 1. The zero-order chi connectivity index (χ0) is 20.1. The van der Waals surface area contributed by atoms with Crippen LogP contribution in [0.25, 0.3) is 22.0 Å². The first-order chi connectivity index (χ1) is 14.7. The highest BCUT2D eigenvalue weighted by Crippen LogP contribution is 2.40. The van der Waals surface area contributed by atoms with Gasteiger partial charge >= 0.3 is 0 Å². The predicted molar refractivity (Wildman–Crippen MR) is 108 cm³/mol. The van der Waals surface area contributed by atoms with E-state index in [0.29, 0.717) is 40.4 Å². The molecule has 2 aliphatic rings. The number of aromatic nitrogens is 4. The lowest BCUT2D eigenvalue weighted by atomic mass is 10.1. The number of anilines is 1. The number of ether oxygens (including phenoxy) is 2. The highest BCUT2D eigenvalue weighted by atomic mass is 32.1. The molecule has 0 unspecified atom stereocenters. The first kappa shape index (κ1) is 17.2. The van der Waals surface area contributed by atoms with Crippen molar-refractivity contribution in [1.29, 1.82) is 0 Å². The highest BCUT2D eigenvalue weighted by molar-refractivity contribution is 7.14. The average molecular weight is 421 g/mol. The lowest BCUT2D eigenvalue weighted by Crippen LogP contribution is -2.12. The van der Waals surface area contributed by atoms with Gasteiger partial charge in [-0.1, -0.05) is 5.16 Å². The van der Waals surface area contributed by atoms with E-state index in [1.807, 2.05) is 29.6 Å². The van der Waals surface area contributed by atoms with Crippen LogP contribution in [0.3, 0.4) is 0 Å². The fraction of sp³-hybridized carbons (Fsp3) is 0.200. The summed E-state index contributed by atoms with van der Waals surface area (Å²) in [5.74, 6) is 2.61. The van der Waals surface area contributed by atoms with Gasteiger partial charge in [0.15, 0.2) is 17.3 Å². The average Bonchev–Trinajstić information content (AvgIpc) is 3.24. The molecular weight excluding hydrogens is 406 g/mol. The molecule has 30 heavy (non-hydrogen) atoms. The summed E-state index contributed by atoms with van der Waals surface area (Å²) in [7, 11) is 0. The summed E-state index contributed by atoms with van der Waals surface area (Å²) in [5.41, 5.74) is 2.42. The molecular formula is C20H15N5O4S. The summed E-state index contributed by atoms with van der Waals surface area (Å²) in [6, 6.07) is 9.04. The van der Waals surface area contributed by atoms with Crippen LogP contribution in [0.2, 0.25) is 0 Å². The third kappa shape index (κ3) is 3.01. The number of thiophene rings is 1. The molecule has 1 aromatic carbocycles. The smallest absolute Gasteiger partial charge is 0.273 e. The molecule has 6 rings (SSSR count). The number of benzene rings is 1. The number of rotatable bonds is 5. The Morgan fingerprint density at radius 2 is 2.07 bits per heavy atom. The van der Waals surface area contributed by atoms with Gasteiger partial charge in [0.2, 0.25) is 6.79 Å². The normalized spacial score (nSPS) is 14.8. The summed E-state index contributed by atoms with van der Waals surface area (Å²) in [5, 5.41) is 15.9. The summed E-state index contributed by atoms with van der Waals surface area (Å²) in [4.78, 5) is 18.0. The second-order valence-electron chi connectivity index (χ2n) is 7.08. The number of aromatic amines is 1. The first-order valence-corrected chi connectivity index (χ1v) is 10.3. The zero-order valence-corrected chi connectivity index (χ0v) is 16.4. The second-order valence-corrected chi connectivity index (χ2v) is 8.00. The van der Waals surface area contributed by atoms with Gasteiger partial charge in [0.05, 0.1) is 11.4 Å². The number of hydrogen-bond donors (Lipinski definition) is 2. The number of hydrogen-bond acceptors (Lipinski definition) is 8. The fourth-order valence-corrected chi connectivity index (χ4v) is 4.01. The summed E-state index contributed by atoms with van der Waals surface area (Å²) in [6.45, 7) is 0.207. The molecule has 150 valence electrons. The second kappa shape index (κ2) is 6.70. The van der Waals surface area contributed by atoms with E-state index in [2.05, 4.69) is 25.7 Å². The van der Waals surface area contributed by atoms with Gasteiger partial charge in [-0.15, -0.1) is 11.3 Å². The Labute approximate surface area is 174 Å². The largest absolute Gasteiger partial charge is 0.454 e. The van der Waals surface area contributed by atoms with Gasteiger partial charge in [-0.2, -0.15) is 10.1 Å². The van der Waals surface area contributed by atoms with Crippen molar-refractivity contribution in [2.75, 3.05) is 12.1 Å². The van der Waals surface area contributed by atoms with E-state index < -0.39 is 0 Å². The molecule has 4 aromatic rings. The van der Waals surface area contributed by atoms with E-state index in [4.69, 9.17) is 14.0 Å². The molecule has 0 spiro atoms. The Morgan fingerprint density at radius 3 is 2.97 bits per heavy atom. The summed E-state index contributed by atoms with van der Waals surface area (Å²) < 4.78 is 16.1. The SMILES string of the molecule is O=C(Nc1ccsc1-c1nc(C2CC2)no1)c1cc(-c2ccc3c(c2)OCO3)n[nH]1. The van der Waals surface area contributed by atoms with Crippen LogP contribution >= 0.6 is 11.3 Å². The quantitative estimate of drug-likeness (QED) is 0.499. The third-order valence-corrected chi connectivity index (χ3v) is 5.89. The van der Waals surface area contributed by atoms with Crippen molar-refractivity contribution < 1.29 is 18.8 Å². The van der Waals surface area contributed by atoms with Gasteiger partial charge in [0, 0.05) is 11.5 Å². The van der Waals surface area contributed by atoms with Crippen LogP contribution in [0.5, 0.6) is 11.5 Å². The van der Waals surface area contributed by atoms with Gasteiger partial charge in [-0.05, 0) is 48.6 Å². The van der Waals surface area contributed by atoms with Crippen LogP contribution in [-0.4, -0.2) is 33.0 Å². The molecule has 0 bridgehead atoms. The zero-order valence-electron chi connectivity index (χ0n) is 15.5. The minimum atomic E-state index is -0.309. The monoisotopic (exact) mass is 421 g/mol. The number of H-pyrrole nitrogens is 1. The first-order valence-electron chi connectivity index (χ1n) is 9.43. The molecule has 2 N–H and O–H groups in total. The maximum Gasteiger partial charge on any atom is 0.273 e. The van der Waals surface area contributed by atoms with Crippen molar-refractivity contribution in [1.82, 2.24) is 20.3 Å². The van der Waals surface area contributed by atoms with Crippen LogP contribution in [0, 0.1) is 0 Å².